The van der Waals surface area contributed by atoms with Crippen LogP contribution in [0.15, 0.2) is 0 Å². The van der Waals surface area contributed by atoms with E-state index in [1.165, 1.54) is 0 Å². The summed E-state index contributed by atoms with van der Waals surface area (Å²) in [7, 11) is 0. The summed E-state index contributed by atoms with van der Waals surface area (Å²) in [5, 5.41) is 0. The van der Waals surface area contributed by atoms with Crippen LogP contribution in [0.1, 0.15) is 19.3 Å². The van der Waals surface area contributed by atoms with Crippen molar-refractivity contribution in [3.05, 3.63) is 0 Å². The maximum Gasteiger partial charge on any atom is 0.330 e. The molecule has 0 amide bonds. The van der Waals surface area contributed by atoms with Crippen molar-refractivity contribution in [1.29, 1.82) is 0 Å². The van der Waals surface area contributed by atoms with Gasteiger partial charge in [0.2, 0.25) is 0 Å². The van der Waals surface area contributed by atoms with Crippen LogP contribution in [0.4, 0.5) is 17.6 Å². The number of ether oxygens (including phenoxy) is 2. The van der Waals surface area contributed by atoms with E-state index in [0.717, 1.165) is 12.8 Å². The Bertz CT molecular complexity index is 251. The fourth-order valence-electron chi connectivity index (χ4n) is 1.97. The first-order chi connectivity index (χ1) is 8.95. The fourth-order valence-corrected chi connectivity index (χ4v) is 1.97. The van der Waals surface area contributed by atoms with Gasteiger partial charge >= 0.3 is 12.3 Å². The summed E-state index contributed by atoms with van der Waals surface area (Å²) in [6, 6.07) is -0.323. The third kappa shape index (κ3) is 6.03. The molecule has 19 heavy (non-hydrogen) atoms. The number of rotatable bonds is 8. The maximum atomic E-state index is 12.6. The largest absolute Gasteiger partial charge is 0.381 e. The van der Waals surface area contributed by atoms with E-state index < -0.39 is 19.0 Å². The Balaban J connectivity index is 2.24. The number of nitrogens with two attached hydrogens (primary N) is 1. The lowest BCUT2D eigenvalue weighted by molar-refractivity contribution is -0.167. The van der Waals surface area contributed by atoms with Crippen LogP contribution in [0.2, 0.25) is 0 Å². The van der Waals surface area contributed by atoms with E-state index in [-0.39, 0.29) is 12.6 Å². The molecule has 0 aromatic heterocycles. The molecule has 1 aliphatic heterocycles. The van der Waals surface area contributed by atoms with Gasteiger partial charge < -0.3 is 9.47 Å². The van der Waals surface area contributed by atoms with Gasteiger partial charge in [-0.25, -0.2) is 8.78 Å². The topological polar surface area (TPSA) is 56.5 Å². The van der Waals surface area contributed by atoms with Gasteiger partial charge in [-0.2, -0.15) is 8.78 Å². The predicted octanol–water partition coefficient (Wildman–Crippen LogP) is 1.55. The zero-order valence-corrected chi connectivity index (χ0v) is 10.6. The van der Waals surface area contributed by atoms with Crippen molar-refractivity contribution in [2.24, 2.45) is 11.8 Å². The molecule has 4 nitrogen and oxygen atoms in total. The normalized spacial score (nSPS) is 19.9. The van der Waals surface area contributed by atoms with Crippen molar-refractivity contribution >= 4 is 0 Å². The van der Waals surface area contributed by atoms with Gasteiger partial charge in [0.15, 0.2) is 0 Å². The van der Waals surface area contributed by atoms with Gasteiger partial charge in [-0.1, -0.05) is 0 Å². The summed E-state index contributed by atoms with van der Waals surface area (Å²) in [5.41, 5.74) is 2.47. The van der Waals surface area contributed by atoms with E-state index in [2.05, 4.69) is 10.2 Å². The van der Waals surface area contributed by atoms with Crippen molar-refractivity contribution in [2.45, 2.75) is 37.7 Å². The first-order valence-corrected chi connectivity index (χ1v) is 6.23. The van der Waals surface area contributed by atoms with Crippen LogP contribution in [0.5, 0.6) is 0 Å². The van der Waals surface area contributed by atoms with Crippen LogP contribution in [-0.2, 0) is 9.47 Å². The zero-order valence-electron chi connectivity index (χ0n) is 10.6. The third-order valence-corrected chi connectivity index (χ3v) is 3.13. The van der Waals surface area contributed by atoms with Gasteiger partial charge in [0.05, 0.1) is 6.61 Å². The molecule has 0 saturated carbocycles. The first kappa shape index (κ1) is 16.6. The highest BCUT2D eigenvalue weighted by atomic mass is 19.3. The van der Waals surface area contributed by atoms with E-state index in [4.69, 9.17) is 10.6 Å². The molecular formula is C11H20F4N2O2. The van der Waals surface area contributed by atoms with Crippen molar-refractivity contribution in [2.75, 3.05) is 26.4 Å². The highest BCUT2D eigenvalue weighted by Gasteiger charge is 2.41. The summed E-state index contributed by atoms with van der Waals surface area (Å²) in [5.74, 6) is 1.57. The third-order valence-electron chi connectivity index (χ3n) is 3.13. The first-order valence-electron chi connectivity index (χ1n) is 6.23. The van der Waals surface area contributed by atoms with Crippen molar-refractivity contribution in [1.82, 2.24) is 5.43 Å². The van der Waals surface area contributed by atoms with Gasteiger partial charge in [-0.05, 0) is 25.2 Å². The minimum Gasteiger partial charge on any atom is -0.381 e. The number of hydrogen-bond donors (Lipinski definition) is 2. The van der Waals surface area contributed by atoms with Crippen LogP contribution in [-0.4, -0.2) is 44.8 Å². The molecule has 1 aliphatic rings. The molecule has 1 unspecified atom stereocenters. The van der Waals surface area contributed by atoms with Crippen LogP contribution in [0.3, 0.4) is 0 Å². The van der Waals surface area contributed by atoms with Crippen molar-refractivity contribution in [3.63, 3.8) is 0 Å². The SMILES string of the molecule is NNC(COCC(F)(F)C(F)F)CC1CCOCC1. The summed E-state index contributed by atoms with van der Waals surface area (Å²) in [6.07, 6.45) is -1.30. The molecular weight excluding hydrogens is 268 g/mol. The Morgan fingerprint density at radius 2 is 1.95 bits per heavy atom. The predicted molar refractivity (Wildman–Crippen MR) is 61.0 cm³/mol. The summed E-state index contributed by atoms with van der Waals surface area (Å²) >= 11 is 0. The number of hydrazine groups is 1. The standard InChI is InChI=1S/C11H20F4N2O2/c12-10(13)11(14,15)7-19-6-9(17-16)5-8-1-3-18-4-2-8/h8-10,17H,1-7,16H2. The molecule has 8 heteroatoms. The lowest BCUT2D eigenvalue weighted by Crippen LogP contribution is -2.42. The van der Waals surface area contributed by atoms with Gasteiger partial charge in [0.25, 0.3) is 0 Å². The zero-order chi connectivity index (χ0) is 14.3. The molecule has 1 fully saturated rings. The second-order valence-electron chi connectivity index (χ2n) is 4.73. The van der Waals surface area contributed by atoms with Crippen LogP contribution < -0.4 is 11.3 Å². The van der Waals surface area contributed by atoms with Gasteiger partial charge in [-0.15, -0.1) is 0 Å². The summed E-state index contributed by atoms with van der Waals surface area (Å²) in [6.45, 7) is -0.0642. The number of halogens is 4. The van der Waals surface area contributed by atoms with Crippen LogP contribution >= 0.6 is 0 Å². The van der Waals surface area contributed by atoms with E-state index in [9.17, 15) is 17.6 Å². The minimum absolute atomic E-state index is 0.115. The Kier molecular flexibility index (Phi) is 6.98. The number of hydrogen-bond acceptors (Lipinski definition) is 4. The molecule has 0 bridgehead atoms. The van der Waals surface area contributed by atoms with Crippen LogP contribution in [0.25, 0.3) is 0 Å². The monoisotopic (exact) mass is 288 g/mol. The molecule has 0 aromatic rings. The van der Waals surface area contributed by atoms with Gasteiger partial charge in [-0.3, -0.25) is 11.3 Å². The fraction of sp³-hybridized carbons (Fsp3) is 1.00. The maximum absolute atomic E-state index is 12.6. The summed E-state index contributed by atoms with van der Waals surface area (Å²) < 4.78 is 58.9. The molecule has 1 saturated heterocycles. The molecule has 0 aromatic carbocycles. The highest BCUT2D eigenvalue weighted by Crippen LogP contribution is 2.24. The number of alkyl halides is 4. The Labute approximate surface area is 109 Å². The Morgan fingerprint density at radius 3 is 2.47 bits per heavy atom. The van der Waals surface area contributed by atoms with Gasteiger partial charge in [0.1, 0.15) is 6.61 Å². The second-order valence-corrected chi connectivity index (χ2v) is 4.73. The highest BCUT2D eigenvalue weighted by molar-refractivity contribution is 4.73. The molecule has 1 atom stereocenters. The van der Waals surface area contributed by atoms with Gasteiger partial charge in [0, 0.05) is 19.3 Å². The minimum atomic E-state index is -4.11. The molecule has 1 rings (SSSR count). The smallest absolute Gasteiger partial charge is 0.330 e. The molecule has 0 spiro atoms. The second kappa shape index (κ2) is 7.98. The van der Waals surface area contributed by atoms with E-state index in [0.29, 0.717) is 25.6 Å². The quantitative estimate of drug-likeness (QED) is 0.404. The molecule has 3 N–H and O–H groups in total. The van der Waals surface area contributed by atoms with E-state index in [1.807, 2.05) is 0 Å². The Hall–Kier alpha value is -0.440. The lowest BCUT2D eigenvalue weighted by Gasteiger charge is -2.26. The molecule has 0 radical (unpaired) electrons. The van der Waals surface area contributed by atoms with Crippen LogP contribution in [0, 0.1) is 5.92 Å². The molecule has 1 heterocycles. The Morgan fingerprint density at radius 1 is 1.32 bits per heavy atom. The van der Waals surface area contributed by atoms with E-state index >= 15 is 0 Å². The van der Waals surface area contributed by atoms with Crippen molar-refractivity contribution in [3.8, 4) is 0 Å². The number of nitrogens with one attached hydrogen (secondary N) is 1. The van der Waals surface area contributed by atoms with Crippen molar-refractivity contribution < 1.29 is 27.0 Å². The molecule has 114 valence electrons. The van der Waals surface area contributed by atoms with E-state index in [1.54, 1.807) is 0 Å². The summed E-state index contributed by atoms with van der Waals surface area (Å²) in [4.78, 5) is 0. The lowest BCUT2D eigenvalue weighted by atomic mass is 9.93. The average molecular weight is 288 g/mol. The molecule has 0 aliphatic carbocycles. The average Bonchev–Trinajstić information content (AvgIpc) is 2.38.